The highest BCUT2D eigenvalue weighted by Crippen LogP contribution is 2.10. The molecule has 3 nitrogen and oxygen atoms in total. The molecule has 1 aromatic heterocycles. The van der Waals surface area contributed by atoms with E-state index in [0.717, 1.165) is 23.4 Å². The Morgan fingerprint density at radius 2 is 2.13 bits per heavy atom. The highest BCUT2D eigenvalue weighted by atomic mass is 16.5. The van der Waals surface area contributed by atoms with E-state index in [1.54, 1.807) is 7.11 Å². The molecule has 0 saturated carbocycles. The molecule has 0 fully saturated rings. The first-order valence-electron chi connectivity index (χ1n) is 5.11. The molecule has 0 spiro atoms. The standard InChI is InChI=1S/C12H17NO2/c1-9-6-7-11(10(2)13-9)12(14)5-4-8-15-3/h6-7H,4-5,8H2,1-3H3. The summed E-state index contributed by atoms with van der Waals surface area (Å²) in [7, 11) is 1.64. The van der Waals surface area contributed by atoms with Crippen LogP contribution in [0.15, 0.2) is 12.1 Å². The van der Waals surface area contributed by atoms with Crippen LogP contribution in [-0.4, -0.2) is 24.5 Å². The van der Waals surface area contributed by atoms with Gasteiger partial charge in [-0.25, -0.2) is 0 Å². The summed E-state index contributed by atoms with van der Waals surface area (Å²) in [6, 6.07) is 3.73. The number of methoxy groups -OCH3 is 1. The molecule has 3 heteroatoms. The van der Waals surface area contributed by atoms with E-state index in [2.05, 4.69) is 4.98 Å². The number of ether oxygens (including phenoxy) is 1. The maximum absolute atomic E-state index is 11.8. The van der Waals surface area contributed by atoms with E-state index < -0.39 is 0 Å². The Labute approximate surface area is 90.5 Å². The smallest absolute Gasteiger partial charge is 0.164 e. The Bertz CT molecular complexity index is 347. The molecular formula is C12H17NO2. The fourth-order valence-corrected chi connectivity index (χ4v) is 1.49. The van der Waals surface area contributed by atoms with Gasteiger partial charge in [0, 0.05) is 37.1 Å². The first kappa shape index (κ1) is 11.9. The lowest BCUT2D eigenvalue weighted by atomic mass is 10.1. The Hall–Kier alpha value is -1.22. The average Bonchev–Trinajstić information content (AvgIpc) is 2.17. The van der Waals surface area contributed by atoms with Crippen molar-refractivity contribution in [1.82, 2.24) is 4.98 Å². The molecule has 0 aliphatic rings. The summed E-state index contributed by atoms with van der Waals surface area (Å²) in [6.07, 6.45) is 1.29. The van der Waals surface area contributed by atoms with Gasteiger partial charge >= 0.3 is 0 Å². The number of hydrogen-bond donors (Lipinski definition) is 0. The number of carbonyl (C=O) groups is 1. The second-order valence-corrected chi connectivity index (χ2v) is 3.61. The molecule has 1 heterocycles. The zero-order chi connectivity index (χ0) is 11.3. The third-order valence-corrected chi connectivity index (χ3v) is 2.28. The molecule has 0 unspecified atom stereocenters. The van der Waals surface area contributed by atoms with Crippen LogP contribution >= 0.6 is 0 Å². The van der Waals surface area contributed by atoms with E-state index in [4.69, 9.17) is 4.74 Å². The van der Waals surface area contributed by atoms with Crippen molar-refractivity contribution >= 4 is 5.78 Å². The molecule has 0 N–H and O–H groups in total. The minimum atomic E-state index is 0.150. The Morgan fingerprint density at radius 3 is 2.73 bits per heavy atom. The maximum atomic E-state index is 11.8. The van der Waals surface area contributed by atoms with Gasteiger partial charge in [-0.2, -0.15) is 0 Å². The summed E-state index contributed by atoms with van der Waals surface area (Å²) in [5.74, 6) is 0.150. The Balaban J connectivity index is 2.65. The number of hydrogen-bond acceptors (Lipinski definition) is 3. The van der Waals surface area contributed by atoms with Crippen molar-refractivity contribution in [2.24, 2.45) is 0 Å². The molecule has 0 amide bonds. The minimum absolute atomic E-state index is 0.150. The molecule has 0 aliphatic carbocycles. The van der Waals surface area contributed by atoms with Gasteiger partial charge in [0.1, 0.15) is 0 Å². The second kappa shape index (κ2) is 5.61. The van der Waals surface area contributed by atoms with Crippen LogP contribution < -0.4 is 0 Å². The summed E-state index contributed by atoms with van der Waals surface area (Å²) >= 11 is 0. The molecule has 0 atom stereocenters. The van der Waals surface area contributed by atoms with Gasteiger partial charge in [-0.3, -0.25) is 9.78 Å². The highest BCUT2D eigenvalue weighted by Gasteiger charge is 2.09. The van der Waals surface area contributed by atoms with Crippen LogP contribution in [0.2, 0.25) is 0 Å². The lowest BCUT2D eigenvalue weighted by Gasteiger charge is -2.04. The van der Waals surface area contributed by atoms with E-state index in [0.29, 0.717) is 13.0 Å². The lowest BCUT2D eigenvalue weighted by molar-refractivity contribution is 0.0962. The molecule has 0 aliphatic heterocycles. The SMILES string of the molecule is COCCCC(=O)c1ccc(C)nc1C. The summed E-state index contributed by atoms with van der Waals surface area (Å²) < 4.78 is 4.91. The quantitative estimate of drug-likeness (QED) is 0.549. The second-order valence-electron chi connectivity index (χ2n) is 3.61. The topological polar surface area (TPSA) is 39.2 Å². The molecule has 0 saturated heterocycles. The van der Waals surface area contributed by atoms with Crippen LogP contribution in [0.1, 0.15) is 34.6 Å². The predicted molar refractivity (Wildman–Crippen MR) is 59.2 cm³/mol. The third kappa shape index (κ3) is 3.44. The van der Waals surface area contributed by atoms with Crippen molar-refractivity contribution < 1.29 is 9.53 Å². The van der Waals surface area contributed by atoms with Gasteiger partial charge in [0.25, 0.3) is 0 Å². The Morgan fingerprint density at radius 1 is 1.40 bits per heavy atom. The number of nitrogens with zero attached hydrogens (tertiary/aromatic N) is 1. The number of rotatable bonds is 5. The van der Waals surface area contributed by atoms with E-state index in [-0.39, 0.29) is 5.78 Å². The van der Waals surface area contributed by atoms with Crippen LogP contribution in [0.5, 0.6) is 0 Å². The fraction of sp³-hybridized carbons (Fsp3) is 0.500. The van der Waals surface area contributed by atoms with Gasteiger partial charge < -0.3 is 4.74 Å². The largest absolute Gasteiger partial charge is 0.385 e. The van der Waals surface area contributed by atoms with E-state index >= 15 is 0 Å². The van der Waals surface area contributed by atoms with E-state index in [9.17, 15) is 4.79 Å². The predicted octanol–water partition coefficient (Wildman–Crippen LogP) is 2.31. The normalized spacial score (nSPS) is 10.3. The summed E-state index contributed by atoms with van der Waals surface area (Å²) in [5.41, 5.74) is 2.50. The monoisotopic (exact) mass is 207 g/mol. The Kier molecular flexibility index (Phi) is 4.43. The van der Waals surface area contributed by atoms with Gasteiger partial charge in [0.05, 0.1) is 0 Å². The third-order valence-electron chi connectivity index (χ3n) is 2.28. The lowest BCUT2D eigenvalue weighted by Crippen LogP contribution is -2.05. The number of pyridine rings is 1. The zero-order valence-corrected chi connectivity index (χ0v) is 9.54. The van der Waals surface area contributed by atoms with Gasteiger partial charge in [0.2, 0.25) is 0 Å². The molecule has 0 radical (unpaired) electrons. The van der Waals surface area contributed by atoms with E-state index in [1.165, 1.54) is 0 Å². The minimum Gasteiger partial charge on any atom is -0.385 e. The van der Waals surface area contributed by atoms with Crippen LogP contribution in [0.4, 0.5) is 0 Å². The van der Waals surface area contributed by atoms with Crippen molar-refractivity contribution in [3.05, 3.63) is 29.1 Å². The van der Waals surface area contributed by atoms with Crippen molar-refractivity contribution in [2.45, 2.75) is 26.7 Å². The number of carbonyl (C=O) groups excluding carboxylic acids is 1. The van der Waals surface area contributed by atoms with Crippen LogP contribution in [0.3, 0.4) is 0 Å². The maximum Gasteiger partial charge on any atom is 0.164 e. The highest BCUT2D eigenvalue weighted by molar-refractivity contribution is 5.96. The van der Waals surface area contributed by atoms with Crippen molar-refractivity contribution in [3.63, 3.8) is 0 Å². The zero-order valence-electron chi connectivity index (χ0n) is 9.54. The summed E-state index contributed by atoms with van der Waals surface area (Å²) in [5, 5.41) is 0. The molecule has 1 aromatic rings. The number of aromatic nitrogens is 1. The fourth-order valence-electron chi connectivity index (χ4n) is 1.49. The molecule has 0 aromatic carbocycles. The van der Waals surface area contributed by atoms with Gasteiger partial charge in [-0.1, -0.05) is 0 Å². The summed E-state index contributed by atoms with van der Waals surface area (Å²) in [4.78, 5) is 16.0. The average molecular weight is 207 g/mol. The number of ketones is 1. The van der Waals surface area contributed by atoms with E-state index in [1.807, 2.05) is 26.0 Å². The number of aryl methyl sites for hydroxylation is 2. The van der Waals surface area contributed by atoms with Crippen LogP contribution in [0, 0.1) is 13.8 Å². The first-order chi connectivity index (χ1) is 7.15. The summed E-state index contributed by atoms with van der Waals surface area (Å²) in [6.45, 7) is 4.42. The van der Waals surface area contributed by atoms with Gasteiger partial charge in [-0.05, 0) is 32.4 Å². The van der Waals surface area contributed by atoms with Crippen molar-refractivity contribution in [1.29, 1.82) is 0 Å². The molecule has 0 bridgehead atoms. The molecule has 1 rings (SSSR count). The van der Waals surface area contributed by atoms with Crippen molar-refractivity contribution in [2.75, 3.05) is 13.7 Å². The van der Waals surface area contributed by atoms with Crippen molar-refractivity contribution in [3.8, 4) is 0 Å². The van der Waals surface area contributed by atoms with Gasteiger partial charge in [0.15, 0.2) is 5.78 Å². The van der Waals surface area contributed by atoms with Gasteiger partial charge in [-0.15, -0.1) is 0 Å². The first-order valence-corrected chi connectivity index (χ1v) is 5.11. The molecular weight excluding hydrogens is 190 g/mol. The molecule has 15 heavy (non-hydrogen) atoms. The number of Topliss-reactive ketones (excluding diaryl/α,β-unsaturated/α-hetero) is 1. The van der Waals surface area contributed by atoms with Crippen LogP contribution in [-0.2, 0) is 4.74 Å². The molecule has 82 valence electrons. The van der Waals surface area contributed by atoms with Crippen LogP contribution in [0.25, 0.3) is 0 Å².